The molecule has 2 aromatic heterocycles. The predicted octanol–water partition coefficient (Wildman–Crippen LogP) is 3.95. The number of hydrogen-bond acceptors (Lipinski definition) is 7. The molecule has 2 heterocycles. The molecule has 4 aromatic rings. The lowest BCUT2D eigenvalue weighted by Gasteiger charge is -2.09. The molecule has 0 aliphatic heterocycles. The lowest BCUT2D eigenvalue weighted by atomic mass is 10.1. The third-order valence-corrected chi connectivity index (χ3v) is 6.27. The van der Waals surface area contributed by atoms with Gasteiger partial charge in [-0.25, -0.2) is 9.67 Å². The molecule has 0 fully saturated rings. The van der Waals surface area contributed by atoms with Crippen LogP contribution in [0.25, 0.3) is 21.8 Å². The SMILES string of the molecule is CC(C)n1nc(-c2sc(NC(=O)c3ccc(CNCCO)cc3)nc2-c2ccccc2)ccc1=O. The quantitative estimate of drug-likeness (QED) is 0.307. The maximum Gasteiger partial charge on any atom is 0.267 e. The van der Waals surface area contributed by atoms with Gasteiger partial charge in [-0.2, -0.15) is 5.10 Å². The van der Waals surface area contributed by atoms with Gasteiger partial charge >= 0.3 is 0 Å². The number of rotatable bonds is 9. The van der Waals surface area contributed by atoms with E-state index in [9.17, 15) is 9.59 Å². The van der Waals surface area contributed by atoms with Crippen LogP contribution in [0.2, 0.25) is 0 Å². The Morgan fingerprint density at radius 2 is 1.80 bits per heavy atom. The van der Waals surface area contributed by atoms with Gasteiger partial charge in [-0.05, 0) is 37.6 Å². The minimum atomic E-state index is -0.264. The molecule has 35 heavy (non-hydrogen) atoms. The third kappa shape index (κ3) is 5.89. The molecule has 0 saturated carbocycles. The summed E-state index contributed by atoms with van der Waals surface area (Å²) < 4.78 is 1.44. The minimum absolute atomic E-state index is 0.0787. The molecule has 0 radical (unpaired) electrons. The van der Waals surface area contributed by atoms with Crippen molar-refractivity contribution in [2.45, 2.75) is 26.4 Å². The van der Waals surface area contributed by atoms with Gasteiger partial charge in [-0.3, -0.25) is 14.9 Å². The van der Waals surface area contributed by atoms with Gasteiger partial charge in [0.25, 0.3) is 11.5 Å². The summed E-state index contributed by atoms with van der Waals surface area (Å²) >= 11 is 1.32. The topological polar surface area (TPSA) is 109 Å². The Hall–Kier alpha value is -3.66. The van der Waals surface area contributed by atoms with Crippen molar-refractivity contribution in [1.29, 1.82) is 0 Å². The number of nitrogens with zero attached hydrogens (tertiary/aromatic N) is 3. The summed E-state index contributed by atoms with van der Waals surface area (Å²) in [6, 6.07) is 20.1. The molecule has 0 aliphatic carbocycles. The number of amides is 1. The highest BCUT2D eigenvalue weighted by Gasteiger charge is 2.19. The van der Waals surface area contributed by atoms with Crippen LogP contribution in [0.4, 0.5) is 5.13 Å². The number of benzene rings is 2. The van der Waals surface area contributed by atoms with Gasteiger partial charge in [0.2, 0.25) is 0 Å². The first-order valence-corrected chi connectivity index (χ1v) is 12.2. The fourth-order valence-corrected chi connectivity index (χ4v) is 4.46. The molecule has 0 spiro atoms. The molecule has 180 valence electrons. The van der Waals surface area contributed by atoms with Gasteiger partial charge in [0.1, 0.15) is 5.69 Å². The van der Waals surface area contributed by atoms with Gasteiger partial charge in [0.15, 0.2) is 5.13 Å². The van der Waals surface area contributed by atoms with Crippen molar-refractivity contribution in [3.8, 4) is 21.8 Å². The molecular weight excluding hydrogens is 462 g/mol. The number of aliphatic hydroxyl groups is 1. The van der Waals surface area contributed by atoms with Crippen LogP contribution in [0.3, 0.4) is 0 Å². The monoisotopic (exact) mass is 489 g/mol. The molecule has 9 heteroatoms. The van der Waals surface area contributed by atoms with E-state index in [0.717, 1.165) is 16.0 Å². The Morgan fingerprint density at radius 1 is 1.06 bits per heavy atom. The van der Waals surface area contributed by atoms with Gasteiger partial charge in [-0.15, -0.1) is 0 Å². The first-order chi connectivity index (χ1) is 17.0. The second kappa shape index (κ2) is 11.2. The first-order valence-electron chi connectivity index (χ1n) is 11.3. The van der Waals surface area contributed by atoms with Crippen molar-refractivity contribution >= 4 is 22.4 Å². The van der Waals surface area contributed by atoms with E-state index >= 15 is 0 Å². The highest BCUT2D eigenvalue weighted by atomic mass is 32.1. The fourth-order valence-electron chi connectivity index (χ4n) is 3.51. The maximum atomic E-state index is 12.9. The van der Waals surface area contributed by atoms with E-state index in [4.69, 9.17) is 10.1 Å². The predicted molar refractivity (Wildman–Crippen MR) is 139 cm³/mol. The zero-order valence-corrected chi connectivity index (χ0v) is 20.4. The number of thiazole rings is 1. The van der Waals surface area contributed by atoms with Crippen LogP contribution in [0, 0.1) is 0 Å². The van der Waals surface area contributed by atoms with E-state index in [0.29, 0.717) is 35.2 Å². The second-order valence-corrected chi connectivity index (χ2v) is 9.21. The summed E-state index contributed by atoms with van der Waals surface area (Å²) in [5.74, 6) is -0.264. The molecule has 3 N–H and O–H groups in total. The summed E-state index contributed by atoms with van der Waals surface area (Å²) in [4.78, 5) is 30.6. The molecule has 2 aromatic carbocycles. The van der Waals surface area contributed by atoms with Gasteiger partial charge < -0.3 is 10.4 Å². The summed E-state index contributed by atoms with van der Waals surface area (Å²) in [6.07, 6.45) is 0. The summed E-state index contributed by atoms with van der Waals surface area (Å²) in [6.45, 7) is 5.02. The zero-order valence-electron chi connectivity index (χ0n) is 19.6. The number of nitrogens with one attached hydrogen (secondary N) is 2. The largest absolute Gasteiger partial charge is 0.395 e. The van der Waals surface area contributed by atoms with Crippen LogP contribution < -0.4 is 16.2 Å². The van der Waals surface area contributed by atoms with Crippen LogP contribution in [-0.2, 0) is 6.54 Å². The smallest absolute Gasteiger partial charge is 0.267 e. The summed E-state index contributed by atoms with van der Waals surface area (Å²) in [5, 5.41) is 19.9. The standard InChI is InChI=1S/C26H27N5O3S/c1-17(2)31-22(33)13-12-21(30-31)24-23(19-6-4-3-5-7-19)28-26(35-24)29-25(34)20-10-8-18(9-11-20)16-27-14-15-32/h3-13,17,27,32H,14-16H2,1-2H3,(H,28,29,34). The number of aliphatic hydroxyl groups excluding tert-OH is 1. The van der Waals surface area contributed by atoms with Crippen molar-refractivity contribution in [1.82, 2.24) is 20.1 Å². The number of hydrogen-bond donors (Lipinski definition) is 3. The lowest BCUT2D eigenvalue weighted by molar-refractivity contribution is 0.102. The Bertz CT molecular complexity index is 1350. The van der Waals surface area contributed by atoms with Crippen LogP contribution in [0.15, 0.2) is 71.5 Å². The highest BCUT2D eigenvalue weighted by molar-refractivity contribution is 7.19. The van der Waals surface area contributed by atoms with E-state index < -0.39 is 0 Å². The van der Waals surface area contributed by atoms with Crippen molar-refractivity contribution in [3.05, 3.63) is 88.2 Å². The molecule has 0 bridgehead atoms. The van der Waals surface area contributed by atoms with E-state index in [1.165, 1.54) is 22.1 Å². The summed E-state index contributed by atoms with van der Waals surface area (Å²) in [5.41, 5.74) is 3.57. The average Bonchev–Trinajstić information content (AvgIpc) is 3.29. The van der Waals surface area contributed by atoms with Gasteiger partial charge in [-0.1, -0.05) is 53.8 Å². The van der Waals surface area contributed by atoms with Crippen molar-refractivity contribution in [2.75, 3.05) is 18.5 Å². The molecule has 0 saturated heterocycles. The highest BCUT2D eigenvalue weighted by Crippen LogP contribution is 2.38. The molecule has 4 rings (SSSR count). The van der Waals surface area contributed by atoms with Crippen molar-refractivity contribution in [2.24, 2.45) is 0 Å². The second-order valence-electron chi connectivity index (χ2n) is 8.21. The van der Waals surface area contributed by atoms with Crippen molar-refractivity contribution < 1.29 is 9.90 Å². The maximum absolute atomic E-state index is 12.9. The Labute approximate surface area is 207 Å². The van der Waals surface area contributed by atoms with E-state index in [-0.39, 0.29) is 24.1 Å². The number of aromatic nitrogens is 3. The number of anilines is 1. The molecule has 1 amide bonds. The van der Waals surface area contributed by atoms with E-state index in [2.05, 4.69) is 15.7 Å². The van der Waals surface area contributed by atoms with Crippen LogP contribution in [0.5, 0.6) is 0 Å². The first kappa shape index (κ1) is 24.5. The number of carbonyl (C=O) groups is 1. The Kier molecular flexibility index (Phi) is 7.81. The lowest BCUT2D eigenvalue weighted by Crippen LogP contribution is -2.23. The van der Waals surface area contributed by atoms with E-state index in [1.807, 2.05) is 56.3 Å². The van der Waals surface area contributed by atoms with Crippen molar-refractivity contribution in [3.63, 3.8) is 0 Å². The zero-order chi connectivity index (χ0) is 24.8. The fraction of sp³-hybridized carbons (Fsp3) is 0.231. The molecule has 0 atom stereocenters. The van der Waals surface area contributed by atoms with Crippen LogP contribution in [-0.4, -0.2) is 38.9 Å². The Balaban J connectivity index is 1.63. The molecule has 8 nitrogen and oxygen atoms in total. The molecular formula is C26H27N5O3S. The molecule has 0 aliphatic rings. The molecule has 0 unspecified atom stereocenters. The number of carbonyl (C=O) groups excluding carboxylic acids is 1. The van der Waals surface area contributed by atoms with Crippen LogP contribution >= 0.6 is 11.3 Å². The minimum Gasteiger partial charge on any atom is -0.395 e. The normalized spacial score (nSPS) is 11.1. The average molecular weight is 490 g/mol. The van der Waals surface area contributed by atoms with Crippen LogP contribution in [0.1, 0.15) is 35.8 Å². The Morgan fingerprint density at radius 3 is 2.49 bits per heavy atom. The van der Waals surface area contributed by atoms with Gasteiger partial charge in [0.05, 0.1) is 23.2 Å². The summed E-state index contributed by atoms with van der Waals surface area (Å²) in [7, 11) is 0. The third-order valence-electron chi connectivity index (χ3n) is 5.28. The van der Waals surface area contributed by atoms with Gasteiger partial charge in [0, 0.05) is 30.3 Å². The van der Waals surface area contributed by atoms with E-state index in [1.54, 1.807) is 18.2 Å².